The van der Waals surface area contributed by atoms with Gasteiger partial charge in [0.1, 0.15) is 0 Å². The highest BCUT2D eigenvalue weighted by molar-refractivity contribution is 7.98. The summed E-state index contributed by atoms with van der Waals surface area (Å²) >= 11 is 1.84. The summed E-state index contributed by atoms with van der Waals surface area (Å²) in [7, 11) is 0. The van der Waals surface area contributed by atoms with Crippen LogP contribution in [0.1, 0.15) is 27.2 Å². The summed E-state index contributed by atoms with van der Waals surface area (Å²) in [5, 5.41) is 3.71. The van der Waals surface area contributed by atoms with Crippen molar-refractivity contribution in [3.63, 3.8) is 0 Å². The van der Waals surface area contributed by atoms with E-state index in [-0.39, 0.29) is 0 Å². The average Bonchev–Trinajstić information content (AvgIpc) is 2.64. The zero-order chi connectivity index (χ0) is 13.9. The molecule has 2 nitrogen and oxygen atoms in total. The third-order valence-corrected chi connectivity index (χ3v) is 4.65. The third-order valence-electron chi connectivity index (χ3n) is 3.87. The Hall–Kier alpha value is -0.670. The summed E-state index contributed by atoms with van der Waals surface area (Å²) in [5.74, 6) is 0. The zero-order valence-corrected chi connectivity index (χ0v) is 13.4. The minimum absolute atomic E-state index is 0.302. The second kappa shape index (κ2) is 6.19. The van der Waals surface area contributed by atoms with Crippen LogP contribution < -0.4 is 10.2 Å². The van der Waals surface area contributed by atoms with E-state index in [4.69, 9.17) is 0 Å². The minimum Gasteiger partial charge on any atom is -0.369 e. The lowest BCUT2D eigenvalue weighted by Gasteiger charge is -2.35. The number of thioether (sulfide) groups is 1. The molecular formula is C16H26N2S. The fourth-order valence-electron chi connectivity index (χ4n) is 2.61. The lowest BCUT2D eigenvalue weighted by Crippen LogP contribution is -2.46. The zero-order valence-electron chi connectivity index (χ0n) is 12.6. The molecule has 0 amide bonds. The first-order valence-electron chi connectivity index (χ1n) is 7.13. The number of para-hydroxylation sites is 1. The Morgan fingerprint density at radius 3 is 2.68 bits per heavy atom. The van der Waals surface area contributed by atoms with E-state index in [2.05, 4.69) is 61.5 Å². The van der Waals surface area contributed by atoms with Gasteiger partial charge in [-0.1, -0.05) is 32.9 Å². The highest BCUT2D eigenvalue weighted by atomic mass is 32.2. The lowest BCUT2D eigenvalue weighted by atomic mass is 9.86. The molecule has 106 valence electrons. The van der Waals surface area contributed by atoms with Crippen LogP contribution in [0.25, 0.3) is 0 Å². The molecule has 1 N–H and O–H groups in total. The van der Waals surface area contributed by atoms with Crippen molar-refractivity contribution in [3.8, 4) is 0 Å². The van der Waals surface area contributed by atoms with Crippen LogP contribution in [0.3, 0.4) is 0 Å². The molecule has 1 heterocycles. The number of hydrogen-bond acceptors (Lipinski definition) is 3. The second-order valence-corrected chi connectivity index (χ2v) is 7.19. The van der Waals surface area contributed by atoms with Gasteiger partial charge < -0.3 is 10.2 Å². The number of nitrogens with one attached hydrogen (secondary N) is 1. The minimum atomic E-state index is 0.302. The monoisotopic (exact) mass is 278 g/mol. The van der Waals surface area contributed by atoms with E-state index in [1.807, 2.05) is 11.8 Å². The average molecular weight is 278 g/mol. The number of rotatable bonds is 2. The summed E-state index contributed by atoms with van der Waals surface area (Å²) in [6, 6.07) is 9.32. The fraction of sp³-hybridized carbons (Fsp3) is 0.625. The smallest absolute Gasteiger partial charge is 0.0504 e. The van der Waals surface area contributed by atoms with Gasteiger partial charge in [-0.05, 0) is 36.8 Å². The van der Waals surface area contributed by atoms with E-state index >= 15 is 0 Å². The Morgan fingerprint density at radius 2 is 2.00 bits per heavy atom. The van der Waals surface area contributed by atoms with Gasteiger partial charge in [0, 0.05) is 24.0 Å². The first-order valence-corrected chi connectivity index (χ1v) is 8.36. The number of anilines is 1. The largest absolute Gasteiger partial charge is 0.369 e. The van der Waals surface area contributed by atoms with Crippen molar-refractivity contribution in [2.75, 3.05) is 30.8 Å². The molecule has 0 bridgehead atoms. The molecule has 1 fully saturated rings. The number of hydrogen-bond donors (Lipinski definition) is 1. The quantitative estimate of drug-likeness (QED) is 0.832. The highest BCUT2D eigenvalue weighted by Gasteiger charge is 2.28. The van der Waals surface area contributed by atoms with Crippen LogP contribution >= 0.6 is 11.8 Å². The van der Waals surface area contributed by atoms with Gasteiger partial charge in [0.2, 0.25) is 0 Å². The summed E-state index contributed by atoms with van der Waals surface area (Å²) in [4.78, 5) is 3.94. The molecule has 0 saturated carbocycles. The summed E-state index contributed by atoms with van der Waals surface area (Å²) < 4.78 is 0. The standard InChI is InChI=1S/C16H26N2S/c1-16(2,3)15-12-18(11-7-10-17-15)13-8-5-6-9-14(13)19-4/h5-6,8-9,15,17H,7,10-12H2,1-4H3. The van der Waals surface area contributed by atoms with E-state index < -0.39 is 0 Å². The van der Waals surface area contributed by atoms with Crippen molar-refractivity contribution >= 4 is 17.4 Å². The lowest BCUT2D eigenvalue weighted by molar-refractivity contribution is 0.280. The Labute approximate surface area is 122 Å². The summed E-state index contributed by atoms with van der Waals surface area (Å²) in [6.07, 6.45) is 3.38. The van der Waals surface area contributed by atoms with Crippen LogP contribution in [0.15, 0.2) is 29.2 Å². The highest BCUT2D eigenvalue weighted by Crippen LogP contribution is 2.31. The maximum atomic E-state index is 3.71. The van der Waals surface area contributed by atoms with Crippen LogP contribution in [0.5, 0.6) is 0 Å². The normalized spacial score (nSPS) is 21.3. The maximum Gasteiger partial charge on any atom is 0.0504 e. The van der Waals surface area contributed by atoms with Crippen molar-refractivity contribution in [3.05, 3.63) is 24.3 Å². The van der Waals surface area contributed by atoms with E-state index in [0.29, 0.717) is 11.5 Å². The van der Waals surface area contributed by atoms with Gasteiger partial charge in [0.05, 0.1) is 5.69 Å². The number of benzene rings is 1. The van der Waals surface area contributed by atoms with Crippen LogP contribution in [0, 0.1) is 5.41 Å². The molecule has 3 heteroatoms. The van der Waals surface area contributed by atoms with Gasteiger partial charge in [0.25, 0.3) is 0 Å². The predicted octanol–water partition coefficient (Wildman–Crippen LogP) is 3.62. The number of nitrogens with zero attached hydrogens (tertiary/aromatic N) is 1. The molecule has 1 saturated heterocycles. The second-order valence-electron chi connectivity index (χ2n) is 6.34. The fourth-order valence-corrected chi connectivity index (χ4v) is 3.23. The molecule has 19 heavy (non-hydrogen) atoms. The van der Waals surface area contributed by atoms with Crippen molar-refractivity contribution in [2.24, 2.45) is 5.41 Å². The maximum absolute atomic E-state index is 3.71. The Morgan fingerprint density at radius 1 is 1.26 bits per heavy atom. The van der Waals surface area contributed by atoms with Crippen molar-refractivity contribution in [2.45, 2.75) is 38.1 Å². The van der Waals surface area contributed by atoms with Gasteiger partial charge >= 0.3 is 0 Å². The first kappa shape index (κ1) is 14.7. The molecule has 1 atom stereocenters. The van der Waals surface area contributed by atoms with Gasteiger partial charge in [-0.25, -0.2) is 0 Å². The molecule has 1 aromatic rings. The van der Waals surface area contributed by atoms with Crippen molar-refractivity contribution in [1.29, 1.82) is 0 Å². The van der Waals surface area contributed by atoms with E-state index in [1.165, 1.54) is 17.0 Å². The molecular weight excluding hydrogens is 252 g/mol. The van der Waals surface area contributed by atoms with E-state index in [0.717, 1.165) is 19.6 Å². The molecule has 0 aliphatic carbocycles. The molecule has 1 aliphatic heterocycles. The summed E-state index contributed by atoms with van der Waals surface area (Å²) in [5.41, 5.74) is 1.70. The molecule has 1 aromatic carbocycles. The Kier molecular flexibility index (Phi) is 4.80. The van der Waals surface area contributed by atoms with Crippen molar-refractivity contribution < 1.29 is 0 Å². The van der Waals surface area contributed by atoms with Crippen LogP contribution in [-0.2, 0) is 0 Å². The SMILES string of the molecule is CSc1ccccc1N1CCCNC(C(C)(C)C)C1. The van der Waals surface area contributed by atoms with Gasteiger partial charge in [-0.3, -0.25) is 0 Å². The molecule has 1 unspecified atom stereocenters. The molecule has 2 rings (SSSR count). The van der Waals surface area contributed by atoms with E-state index in [1.54, 1.807) is 0 Å². The predicted molar refractivity (Wildman–Crippen MR) is 86.3 cm³/mol. The van der Waals surface area contributed by atoms with Crippen LogP contribution in [0.4, 0.5) is 5.69 Å². The van der Waals surface area contributed by atoms with Crippen LogP contribution in [0.2, 0.25) is 0 Å². The molecule has 0 aromatic heterocycles. The topological polar surface area (TPSA) is 15.3 Å². The molecule has 0 radical (unpaired) electrons. The van der Waals surface area contributed by atoms with E-state index in [9.17, 15) is 0 Å². The molecule has 1 aliphatic rings. The van der Waals surface area contributed by atoms with Crippen molar-refractivity contribution in [1.82, 2.24) is 5.32 Å². The Bertz CT molecular complexity index is 411. The first-order chi connectivity index (χ1) is 9.02. The third kappa shape index (κ3) is 3.67. The Balaban J connectivity index is 2.23. The van der Waals surface area contributed by atoms with Gasteiger partial charge in [-0.15, -0.1) is 11.8 Å². The molecule has 0 spiro atoms. The van der Waals surface area contributed by atoms with Gasteiger partial charge in [-0.2, -0.15) is 0 Å². The summed E-state index contributed by atoms with van der Waals surface area (Å²) in [6.45, 7) is 10.4. The van der Waals surface area contributed by atoms with Gasteiger partial charge in [0.15, 0.2) is 0 Å². The van der Waals surface area contributed by atoms with Crippen LogP contribution in [-0.4, -0.2) is 31.9 Å².